The van der Waals surface area contributed by atoms with E-state index >= 15 is 0 Å². The zero-order valence-electron chi connectivity index (χ0n) is 22.6. The quantitative estimate of drug-likeness (QED) is 0.0985. The molecule has 0 amide bonds. The molecule has 1 aromatic heterocycles. The lowest BCUT2D eigenvalue weighted by atomic mass is 10.0. The zero-order chi connectivity index (χ0) is 24.4. The molecule has 1 heterocycles. The lowest BCUT2D eigenvalue weighted by Gasteiger charge is -2.04. The van der Waals surface area contributed by atoms with Crippen LogP contribution < -0.4 is 0 Å². The van der Waals surface area contributed by atoms with Gasteiger partial charge in [0.2, 0.25) is 0 Å². The maximum Gasteiger partial charge on any atom is 0.306 e. The van der Waals surface area contributed by atoms with E-state index in [9.17, 15) is 4.79 Å². The van der Waals surface area contributed by atoms with Crippen LogP contribution in [0.15, 0.2) is 22.8 Å². The predicted molar refractivity (Wildman–Crippen MR) is 145 cm³/mol. The summed E-state index contributed by atoms with van der Waals surface area (Å²) in [7, 11) is 0. The van der Waals surface area contributed by atoms with E-state index in [-0.39, 0.29) is 12.6 Å². The Labute approximate surface area is 211 Å². The van der Waals surface area contributed by atoms with Crippen LogP contribution in [0, 0.1) is 0 Å². The molecule has 0 N–H and O–H groups in total. The van der Waals surface area contributed by atoms with Crippen molar-refractivity contribution in [2.24, 2.45) is 0 Å². The molecule has 0 saturated carbocycles. The second-order valence-electron chi connectivity index (χ2n) is 10.3. The van der Waals surface area contributed by atoms with Gasteiger partial charge in [-0.1, -0.05) is 148 Å². The Morgan fingerprint density at radius 2 is 1.00 bits per heavy atom. The van der Waals surface area contributed by atoms with Gasteiger partial charge < -0.3 is 9.15 Å². The van der Waals surface area contributed by atoms with E-state index in [4.69, 9.17) is 9.15 Å². The highest BCUT2D eigenvalue weighted by Crippen LogP contribution is 2.15. The summed E-state index contributed by atoms with van der Waals surface area (Å²) >= 11 is 0. The number of furan rings is 1. The van der Waals surface area contributed by atoms with Crippen LogP contribution in [0.4, 0.5) is 0 Å². The van der Waals surface area contributed by atoms with Crippen LogP contribution in [-0.2, 0) is 16.1 Å². The first kappa shape index (κ1) is 30.8. The number of hydrogen-bond acceptors (Lipinski definition) is 3. The molecule has 198 valence electrons. The summed E-state index contributed by atoms with van der Waals surface area (Å²) in [4.78, 5) is 11.7. The van der Waals surface area contributed by atoms with Crippen LogP contribution in [0.3, 0.4) is 0 Å². The van der Waals surface area contributed by atoms with Gasteiger partial charge in [0, 0.05) is 6.42 Å². The molecule has 0 bridgehead atoms. The third-order valence-corrected chi connectivity index (χ3v) is 6.94. The third-order valence-electron chi connectivity index (χ3n) is 6.94. The lowest BCUT2D eigenvalue weighted by Crippen LogP contribution is -2.03. The first-order valence-electron chi connectivity index (χ1n) is 15.0. The SMILES string of the molecule is CCCCCCCCCCCCCCCCCCCCCCCCCC(=O)OCc1ccco1. The summed E-state index contributed by atoms with van der Waals surface area (Å²) in [5.41, 5.74) is 0. The fourth-order valence-corrected chi connectivity index (χ4v) is 4.67. The minimum absolute atomic E-state index is 0.111. The molecule has 0 atom stereocenters. The zero-order valence-corrected chi connectivity index (χ0v) is 22.6. The van der Waals surface area contributed by atoms with Crippen LogP contribution >= 0.6 is 0 Å². The minimum Gasteiger partial charge on any atom is -0.466 e. The molecule has 0 aromatic carbocycles. The number of ether oxygens (including phenoxy) is 1. The normalized spacial score (nSPS) is 11.2. The van der Waals surface area contributed by atoms with Crippen molar-refractivity contribution in [3.8, 4) is 0 Å². The number of esters is 1. The summed E-state index contributed by atoms with van der Waals surface area (Å²) in [5.74, 6) is 0.595. The van der Waals surface area contributed by atoms with Crippen LogP contribution in [0.5, 0.6) is 0 Å². The molecular weight excluding hydrogens is 420 g/mol. The fraction of sp³-hybridized carbons (Fsp3) is 0.839. The van der Waals surface area contributed by atoms with Gasteiger partial charge in [0.1, 0.15) is 12.4 Å². The fourth-order valence-electron chi connectivity index (χ4n) is 4.67. The van der Waals surface area contributed by atoms with Gasteiger partial charge in [-0.15, -0.1) is 0 Å². The largest absolute Gasteiger partial charge is 0.466 e. The number of carbonyl (C=O) groups excluding carboxylic acids is 1. The van der Waals surface area contributed by atoms with E-state index < -0.39 is 0 Å². The Morgan fingerprint density at radius 1 is 0.618 bits per heavy atom. The minimum atomic E-state index is -0.111. The van der Waals surface area contributed by atoms with E-state index in [1.54, 1.807) is 6.26 Å². The Morgan fingerprint density at radius 3 is 1.35 bits per heavy atom. The van der Waals surface area contributed by atoms with E-state index in [1.807, 2.05) is 12.1 Å². The molecule has 0 unspecified atom stereocenters. The number of hydrogen-bond donors (Lipinski definition) is 0. The molecule has 0 aliphatic heterocycles. The van der Waals surface area contributed by atoms with Crippen molar-refractivity contribution >= 4 is 5.97 Å². The molecule has 0 radical (unpaired) electrons. The molecule has 3 heteroatoms. The third kappa shape index (κ3) is 21.3. The summed E-state index contributed by atoms with van der Waals surface area (Å²) in [6.45, 7) is 2.55. The number of unbranched alkanes of at least 4 members (excludes halogenated alkanes) is 22. The van der Waals surface area contributed by atoms with E-state index in [0.29, 0.717) is 12.2 Å². The van der Waals surface area contributed by atoms with E-state index in [2.05, 4.69) is 6.92 Å². The van der Waals surface area contributed by atoms with Crippen molar-refractivity contribution in [2.75, 3.05) is 0 Å². The lowest BCUT2D eigenvalue weighted by molar-refractivity contribution is -0.145. The smallest absolute Gasteiger partial charge is 0.306 e. The van der Waals surface area contributed by atoms with Crippen LogP contribution in [0.2, 0.25) is 0 Å². The molecule has 1 aromatic rings. The average molecular weight is 477 g/mol. The Balaban J connectivity index is 1.66. The second-order valence-corrected chi connectivity index (χ2v) is 10.3. The monoisotopic (exact) mass is 476 g/mol. The molecular formula is C31H56O3. The van der Waals surface area contributed by atoms with Gasteiger partial charge in [-0.3, -0.25) is 4.79 Å². The highest BCUT2D eigenvalue weighted by molar-refractivity contribution is 5.69. The van der Waals surface area contributed by atoms with Gasteiger partial charge in [0.15, 0.2) is 0 Å². The number of rotatable bonds is 26. The predicted octanol–water partition coefficient (Wildman–Crippen LogP) is 10.7. The molecule has 0 aliphatic rings. The van der Waals surface area contributed by atoms with Gasteiger partial charge in [0.05, 0.1) is 6.26 Å². The topological polar surface area (TPSA) is 39.4 Å². The van der Waals surface area contributed by atoms with Crippen molar-refractivity contribution in [3.63, 3.8) is 0 Å². The Bertz CT molecular complexity index is 523. The molecule has 0 saturated heterocycles. The molecule has 3 nitrogen and oxygen atoms in total. The molecule has 1 rings (SSSR count). The van der Waals surface area contributed by atoms with Gasteiger partial charge in [-0.25, -0.2) is 0 Å². The summed E-state index contributed by atoms with van der Waals surface area (Å²) in [6, 6.07) is 3.64. The summed E-state index contributed by atoms with van der Waals surface area (Å²) in [5, 5.41) is 0. The molecule has 34 heavy (non-hydrogen) atoms. The van der Waals surface area contributed by atoms with Crippen LogP contribution in [0.25, 0.3) is 0 Å². The van der Waals surface area contributed by atoms with Crippen molar-refractivity contribution in [1.29, 1.82) is 0 Å². The first-order chi connectivity index (χ1) is 16.8. The maximum absolute atomic E-state index is 11.7. The second kappa shape index (κ2) is 24.9. The van der Waals surface area contributed by atoms with Gasteiger partial charge >= 0.3 is 5.97 Å². The highest BCUT2D eigenvalue weighted by atomic mass is 16.5. The summed E-state index contributed by atoms with van der Waals surface area (Å²) in [6.07, 6.45) is 34.0. The van der Waals surface area contributed by atoms with E-state index in [1.165, 1.54) is 135 Å². The molecule has 0 aliphatic carbocycles. The van der Waals surface area contributed by atoms with Crippen molar-refractivity contribution in [2.45, 2.75) is 168 Å². The average Bonchev–Trinajstić information content (AvgIpc) is 3.37. The standard InChI is InChI=1S/C31H56O3/c1-2-3-4-5-6-7-8-9-10-11-12-13-14-15-16-17-18-19-20-21-22-23-24-27-31(32)34-29-30-26-25-28-33-30/h25-26,28H,2-24,27,29H2,1H3. The number of carbonyl (C=O) groups is 1. The van der Waals surface area contributed by atoms with E-state index in [0.717, 1.165) is 12.8 Å². The van der Waals surface area contributed by atoms with Crippen molar-refractivity contribution in [3.05, 3.63) is 24.2 Å². The van der Waals surface area contributed by atoms with Gasteiger partial charge in [-0.05, 0) is 18.6 Å². The molecule has 0 spiro atoms. The summed E-state index contributed by atoms with van der Waals surface area (Å²) < 4.78 is 10.4. The van der Waals surface area contributed by atoms with Crippen molar-refractivity contribution < 1.29 is 13.9 Å². The Hall–Kier alpha value is -1.25. The van der Waals surface area contributed by atoms with Gasteiger partial charge in [0.25, 0.3) is 0 Å². The molecule has 0 fully saturated rings. The highest BCUT2D eigenvalue weighted by Gasteiger charge is 2.04. The maximum atomic E-state index is 11.7. The van der Waals surface area contributed by atoms with Crippen molar-refractivity contribution in [1.82, 2.24) is 0 Å². The first-order valence-corrected chi connectivity index (χ1v) is 15.0. The van der Waals surface area contributed by atoms with Gasteiger partial charge in [-0.2, -0.15) is 0 Å². The van der Waals surface area contributed by atoms with Crippen LogP contribution in [0.1, 0.15) is 167 Å². The Kier molecular flexibility index (Phi) is 22.5. The van der Waals surface area contributed by atoms with Crippen LogP contribution in [-0.4, -0.2) is 5.97 Å².